The summed E-state index contributed by atoms with van der Waals surface area (Å²) < 4.78 is 3.63. The van der Waals surface area contributed by atoms with Crippen LogP contribution < -0.4 is 10.6 Å². The highest BCUT2D eigenvalue weighted by atomic mass is 32.1. The Bertz CT molecular complexity index is 397. The molecule has 1 heterocycles. The summed E-state index contributed by atoms with van der Waals surface area (Å²) in [5, 5.41) is 18.2. The average Bonchev–Trinajstić information content (AvgIpc) is 2.86. The van der Waals surface area contributed by atoms with Gasteiger partial charge in [0.05, 0.1) is 6.20 Å². The van der Waals surface area contributed by atoms with Gasteiger partial charge in [0.2, 0.25) is 0 Å². The molecule has 7 nitrogen and oxygen atoms in total. The van der Waals surface area contributed by atoms with Crippen LogP contribution in [-0.2, 0) is 4.79 Å². The van der Waals surface area contributed by atoms with Crippen molar-refractivity contribution in [2.45, 2.75) is 32.6 Å². The molecule has 0 aliphatic carbocycles. The van der Waals surface area contributed by atoms with Crippen LogP contribution in [-0.4, -0.2) is 33.2 Å². The third kappa shape index (κ3) is 6.70. The molecule has 3 N–H and O–H groups in total. The summed E-state index contributed by atoms with van der Waals surface area (Å²) in [4.78, 5) is 22.0. The van der Waals surface area contributed by atoms with Crippen LogP contribution in [0, 0.1) is 5.92 Å². The average molecular weight is 286 g/mol. The van der Waals surface area contributed by atoms with Gasteiger partial charge in [-0.25, -0.2) is 4.79 Å². The first-order valence-electron chi connectivity index (χ1n) is 6.15. The van der Waals surface area contributed by atoms with Crippen molar-refractivity contribution in [1.82, 2.24) is 14.9 Å². The van der Waals surface area contributed by atoms with E-state index < -0.39 is 5.97 Å². The molecule has 0 aliphatic heterocycles. The number of carbonyl (C=O) groups excluding carboxylic acids is 1. The van der Waals surface area contributed by atoms with Crippen molar-refractivity contribution in [3.05, 3.63) is 6.20 Å². The molecule has 2 amide bonds. The Labute approximate surface area is 115 Å². The summed E-state index contributed by atoms with van der Waals surface area (Å²) in [5.41, 5.74) is 0. The van der Waals surface area contributed by atoms with Gasteiger partial charge in [0.25, 0.3) is 0 Å². The molecule has 0 aliphatic rings. The predicted octanol–water partition coefficient (Wildman–Crippen LogP) is 1.94. The minimum Gasteiger partial charge on any atom is -0.481 e. The third-order valence-electron chi connectivity index (χ3n) is 2.78. The van der Waals surface area contributed by atoms with Crippen molar-refractivity contribution < 1.29 is 14.7 Å². The van der Waals surface area contributed by atoms with Crippen LogP contribution in [0.3, 0.4) is 0 Å². The van der Waals surface area contributed by atoms with Gasteiger partial charge >= 0.3 is 12.0 Å². The van der Waals surface area contributed by atoms with Gasteiger partial charge in [0.1, 0.15) is 5.00 Å². The number of nitrogens with zero attached hydrogens (tertiary/aromatic N) is 2. The van der Waals surface area contributed by atoms with Gasteiger partial charge in [-0.15, -0.1) is 5.10 Å². The van der Waals surface area contributed by atoms with Gasteiger partial charge in [-0.1, -0.05) is 17.8 Å². The molecule has 1 aromatic heterocycles. The summed E-state index contributed by atoms with van der Waals surface area (Å²) in [5.74, 6) is -0.455. The first kappa shape index (κ1) is 15.4. The van der Waals surface area contributed by atoms with Gasteiger partial charge in [-0.05, 0) is 18.8 Å². The second-order valence-electron chi connectivity index (χ2n) is 4.16. The molecule has 1 atom stereocenters. The largest absolute Gasteiger partial charge is 0.481 e. The lowest BCUT2D eigenvalue weighted by Gasteiger charge is -2.13. The van der Waals surface area contributed by atoms with Crippen LogP contribution in [0.5, 0.6) is 0 Å². The molecule has 0 fully saturated rings. The van der Waals surface area contributed by atoms with Crippen molar-refractivity contribution in [2.24, 2.45) is 5.92 Å². The molecular weight excluding hydrogens is 268 g/mol. The maximum atomic E-state index is 11.5. The Morgan fingerprint density at radius 2 is 2.26 bits per heavy atom. The number of amides is 2. The standard InChI is InChI=1S/C11H18N4O3S/c1-2-8(3-4-10(16)17)5-6-12-11(18)14-9-7-13-15-19-9/h7-8H,2-6H2,1H3,(H,16,17)(H2,12,14,18). The maximum Gasteiger partial charge on any atom is 0.319 e. The summed E-state index contributed by atoms with van der Waals surface area (Å²) in [7, 11) is 0. The Hall–Kier alpha value is -1.70. The van der Waals surface area contributed by atoms with E-state index in [0.717, 1.165) is 24.4 Å². The number of nitrogens with one attached hydrogen (secondary N) is 2. The van der Waals surface area contributed by atoms with E-state index in [9.17, 15) is 9.59 Å². The second-order valence-corrected chi connectivity index (χ2v) is 4.94. The highest BCUT2D eigenvalue weighted by Crippen LogP contribution is 2.14. The van der Waals surface area contributed by atoms with Crippen molar-refractivity contribution in [3.8, 4) is 0 Å². The molecule has 0 bridgehead atoms. The van der Waals surface area contributed by atoms with Gasteiger partial charge in [-0.2, -0.15) is 0 Å². The fraction of sp³-hybridized carbons (Fsp3) is 0.636. The molecular formula is C11H18N4O3S. The van der Waals surface area contributed by atoms with Crippen molar-refractivity contribution in [3.63, 3.8) is 0 Å². The Morgan fingerprint density at radius 3 is 2.84 bits per heavy atom. The molecule has 1 rings (SSSR count). The highest BCUT2D eigenvalue weighted by Gasteiger charge is 2.10. The zero-order chi connectivity index (χ0) is 14.1. The summed E-state index contributed by atoms with van der Waals surface area (Å²) >= 11 is 1.11. The van der Waals surface area contributed by atoms with Crippen LogP contribution in [0.15, 0.2) is 6.20 Å². The quantitative estimate of drug-likeness (QED) is 0.677. The minimum absolute atomic E-state index is 0.178. The van der Waals surface area contributed by atoms with E-state index in [1.165, 1.54) is 6.20 Å². The lowest BCUT2D eigenvalue weighted by molar-refractivity contribution is -0.137. The molecule has 106 valence electrons. The van der Waals surface area contributed by atoms with E-state index in [1.54, 1.807) is 0 Å². The molecule has 0 spiro atoms. The molecule has 1 unspecified atom stereocenters. The van der Waals surface area contributed by atoms with Crippen LogP contribution in [0.4, 0.5) is 9.80 Å². The predicted molar refractivity (Wildman–Crippen MR) is 72.2 cm³/mol. The first-order chi connectivity index (χ1) is 9.11. The van der Waals surface area contributed by atoms with E-state index in [0.29, 0.717) is 23.9 Å². The lowest BCUT2D eigenvalue weighted by atomic mass is 9.97. The normalized spacial score (nSPS) is 11.8. The van der Waals surface area contributed by atoms with Gasteiger partial charge in [0.15, 0.2) is 0 Å². The van der Waals surface area contributed by atoms with Crippen molar-refractivity contribution in [2.75, 3.05) is 11.9 Å². The molecule has 0 aromatic carbocycles. The van der Waals surface area contributed by atoms with Crippen LogP contribution in [0.1, 0.15) is 32.6 Å². The maximum absolute atomic E-state index is 11.5. The fourth-order valence-corrected chi connectivity index (χ4v) is 2.06. The van der Waals surface area contributed by atoms with E-state index >= 15 is 0 Å². The molecule has 0 radical (unpaired) electrons. The van der Waals surface area contributed by atoms with Crippen LogP contribution >= 0.6 is 11.5 Å². The summed E-state index contributed by atoms with van der Waals surface area (Å²) in [6.45, 7) is 2.55. The summed E-state index contributed by atoms with van der Waals surface area (Å²) in [6.07, 6.45) is 3.99. The van der Waals surface area contributed by atoms with Crippen molar-refractivity contribution in [1.29, 1.82) is 0 Å². The first-order valence-corrected chi connectivity index (χ1v) is 6.93. The number of rotatable bonds is 8. The molecule has 0 saturated carbocycles. The third-order valence-corrected chi connectivity index (χ3v) is 3.36. The van der Waals surface area contributed by atoms with Gasteiger partial charge in [-0.3, -0.25) is 10.1 Å². The van der Waals surface area contributed by atoms with E-state index in [4.69, 9.17) is 5.11 Å². The topological polar surface area (TPSA) is 104 Å². The highest BCUT2D eigenvalue weighted by molar-refractivity contribution is 7.10. The number of hydrogen-bond acceptors (Lipinski definition) is 5. The zero-order valence-electron chi connectivity index (χ0n) is 10.8. The van der Waals surface area contributed by atoms with Crippen LogP contribution in [0.25, 0.3) is 0 Å². The number of carboxylic acid groups (broad SMARTS) is 1. The number of anilines is 1. The number of aliphatic carboxylic acids is 1. The van der Waals surface area contributed by atoms with E-state index in [2.05, 4.69) is 20.2 Å². The number of carboxylic acids is 1. The molecule has 8 heteroatoms. The van der Waals surface area contributed by atoms with Crippen molar-refractivity contribution >= 4 is 28.5 Å². The van der Waals surface area contributed by atoms with E-state index in [-0.39, 0.29) is 12.5 Å². The number of carbonyl (C=O) groups is 2. The SMILES string of the molecule is CCC(CCNC(=O)Nc1cnns1)CCC(=O)O. The molecule has 1 aromatic rings. The number of hydrogen-bond donors (Lipinski definition) is 3. The summed E-state index contributed by atoms with van der Waals surface area (Å²) in [6, 6.07) is -0.292. The van der Waals surface area contributed by atoms with E-state index in [1.807, 2.05) is 6.92 Å². The Kier molecular flexibility index (Phi) is 6.80. The fourth-order valence-electron chi connectivity index (χ4n) is 1.65. The smallest absolute Gasteiger partial charge is 0.319 e. The number of urea groups is 1. The Morgan fingerprint density at radius 1 is 1.47 bits per heavy atom. The van der Waals surface area contributed by atoms with Crippen LogP contribution in [0.2, 0.25) is 0 Å². The van der Waals surface area contributed by atoms with Gasteiger partial charge in [0, 0.05) is 24.5 Å². The minimum atomic E-state index is -0.776. The Balaban J connectivity index is 2.17. The number of aromatic nitrogens is 2. The molecule has 0 saturated heterocycles. The second kappa shape index (κ2) is 8.41. The monoisotopic (exact) mass is 286 g/mol. The zero-order valence-corrected chi connectivity index (χ0v) is 11.6. The lowest BCUT2D eigenvalue weighted by Crippen LogP contribution is -2.30. The molecule has 19 heavy (non-hydrogen) atoms. The van der Waals surface area contributed by atoms with Gasteiger partial charge < -0.3 is 10.4 Å².